The lowest BCUT2D eigenvalue weighted by Gasteiger charge is -2.34. The van der Waals surface area contributed by atoms with Gasteiger partial charge in [0.15, 0.2) is 0 Å². The molecule has 0 spiro atoms. The lowest BCUT2D eigenvalue weighted by atomic mass is 9.74. The van der Waals surface area contributed by atoms with Crippen molar-refractivity contribution in [2.24, 2.45) is 17.8 Å². The maximum absolute atomic E-state index is 10.4. The van der Waals surface area contributed by atoms with Crippen molar-refractivity contribution in [3.8, 4) is 0 Å². The van der Waals surface area contributed by atoms with Gasteiger partial charge in [0, 0.05) is 0 Å². The summed E-state index contributed by atoms with van der Waals surface area (Å²) in [6, 6.07) is 0. The Bertz CT molecular complexity index is 339. The fourth-order valence-corrected chi connectivity index (χ4v) is 3.96. The third kappa shape index (κ3) is 2.46. The number of aliphatic hydroxyl groups is 1. The Hall–Kier alpha value is -0.410. The summed E-state index contributed by atoms with van der Waals surface area (Å²) < 4.78 is 0. The molecule has 90 valence electrons. The van der Waals surface area contributed by atoms with E-state index in [1.54, 1.807) is 11.3 Å². The Morgan fingerprint density at radius 3 is 2.44 bits per heavy atom. The highest BCUT2D eigenvalue weighted by atomic mass is 32.1. The molecule has 2 rings (SSSR count). The molecule has 1 heterocycles. The van der Waals surface area contributed by atoms with Crippen LogP contribution in [0.2, 0.25) is 0 Å². The van der Waals surface area contributed by atoms with Crippen LogP contribution < -0.4 is 0 Å². The third-order valence-corrected chi connectivity index (χ3v) is 4.71. The van der Waals surface area contributed by atoms with Crippen molar-refractivity contribution in [2.45, 2.75) is 46.1 Å². The molecule has 1 aliphatic carbocycles. The Morgan fingerprint density at radius 2 is 1.94 bits per heavy atom. The van der Waals surface area contributed by atoms with Gasteiger partial charge < -0.3 is 5.11 Å². The van der Waals surface area contributed by atoms with Crippen LogP contribution in [0.15, 0.2) is 5.51 Å². The molecule has 1 saturated carbocycles. The second kappa shape index (κ2) is 4.84. The zero-order valence-electron chi connectivity index (χ0n) is 10.3. The highest BCUT2D eigenvalue weighted by Gasteiger charge is 2.31. The molecule has 0 radical (unpaired) electrons. The van der Waals surface area contributed by atoms with Crippen LogP contribution >= 0.6 is 11.3 Å². The molecular formula is C13H21NOS. The van der Waals surface area contributed by atoms with E-state index in [9.17, 15) is 5.11 Å². The van der Waals surface area contributed by atoms with Gasteiger partial charge in [0.05, 0.1) is 22.2 Å². The molecule has 0 aromatic carbocycles. The molecule has 1 aliphatic rings. The Morgan fingerprint density at radius 1 is 1.31 bits per heavy atom. The van der Waals surface area contributed by atoms with Crippen molar-refractivity contribution in [3.63, 3.8) is 0 Å². The number of aromatic nitrogens is 1. The lowest BCUT2D eigenvalue weighted by molar-refractivity contribution is 0.0571. The van der Waals surface area contributed by atoms with Gasteiger partial charge in [-0.25, -0.2) is 4.98 Å². The van der Waals surface area contributed by atoms with Gasteiger partial charge in [0.2, 0.25) is 0 Å². The van der Waals surface area contributed by atoms with Gasteiger partial charge in [-0.3, -0.25) is 0 Å². The lowest BCUT2D eigenvalue weighted by Crippen LogP contribution is -2.24. The van der Waals surface area contributed by atoms with E-state index in [4.69, 9.17) is 0 Å². The van der Waals surface area contributed by atoms with Crippen LogP contribution in [0.4, 0.5) is 0 Å². The molecule has 0 bridgehead atoms. The van der Waals surface area contributed by atoms with Crippen molar-refractivity contribution < 1.29 is 5.11 Å². The van der Waals surface area contributed by atoms with Crippen LogP contribution in [0.3, 0.4) is 0 Å². The van der Waals surface area contributed by atoms with E-state index in [1.807, 2.05) is 12.4 Å². The normalized spacial score (nSPS) is 32.6. The van der Waals surface area contributed by atoms with Crippen molar-refractivity contribution in [3.05, 3.63) is 16.1 Å². The van der Waals surface area contributed by atoms with Crippen LogP contribution in [0.25, 0.3) is 0 Å². The predicted molar refractivity (Wildman–Crippen MR) is 67.5 cm³/mol. The molecule has 3 unspecified atom stereocenters. The number of aliphatic hydroxyl groups excluding tert-OH is 1. The fraction of sp³-hybridized carbons (Fsp3) is 0.769. The van der Waals surface area contributed by atoms with Crippen molar-refractivity contribution >= 4 is 11.3 Å². The van der Waals surface area contributed by atoms with E-state index >= 15 is 0 Å². The summed E-state index contributed by atoms with van der Waals surface area (Å²) >= 11 is 1.59. The molecule has 1 N–H and O–H groups in total. The molecule has 1 aromatic heterocycles. The summed E-state index contributed by atoms with van der Waals surface area (Å²) in [7, 11) is 0. The topological polar surface area (TPSA) is 33.1 Å². The first-order chi connectivity index (χ1) is 7.58. The first kappa shape index (κ1) is 12.1. The molecule has 0 amide bonds. The van der Waals surface area contributed by atoms with Crippen molar-refractivity contribution in [2.75, 3.05) is 0 Å². The zero-order valence-corrected chi connectivity index (χ0v) is 11.1. The Balaban J connectivity index is 2.10. The number of nitrogens with zero attached hydrogens (tertiary/aromatic N) is 1. The first-order valence-corrected chi connectivity index (χ1v) is 7.04. The smallest absolute Gasteiger partial charge is 0.0928 e. The minimum absolute atomic E-state index is 0.294. The van der Waals surface area contributed by atoms with E-state index in [-0.39, 0.29) is 6.10 Å². The molecule has 1 aromatic rings. The fourth-order valence-electron chi connectivity index (χ4n) is 3.08. The molecule has 3 heteroatoms. The van der Waals surface area contributed by atoms with Crippen LogP contribution in [-0.4, -0.2) is 10.1 Å². The van der Waals surface area contributed by atoms with Gasteiger partial charge in [0.25, 0.3) is 0 Å². The molecule has 2 nitrogen and oxygen atoms in total. The van der Waals surface area contributed by atoms with E-state index in [0.717, 1.165) is 35.2 Å². The molecule has 0 aliphatic heterocycles. The largest absolute Gasteiger partial charge is 0.387 e. The monoisotopic (exact) mass is 239 g/mol. The summed E-state index contributed by atoms with van der Waals surface area (Å²) in [5.41, 5.74) is 2.84. The van der Waals surface area contributed by atoms with Gasteiger partial charge in [-0.2, -0.15) is 0 Å². The minimum Gasteiger partial charge on any atom is -0.387 e. The van der Waals surface area contributed by atoms with E-state index < -0.39 is 0 Å². The van der Waals surface area contributed by atoms with Crippen molar-refractivity contribution in [1.29, 1.82) is 0 Å². The van der Waals surface area contributed by atoms with Gasteiger partial charge in [0.1, 0.15) is 0 Å². The van der Waals surface area contributed by atoms with E-state index in [1.165, 1.54) is 6.42 Å². The Labute approximate surface area is 102 Å². The third-order valence-electron chi connectivity index (χ3n) is 3.71. The maximum atomic E-state index is 10.4. The van der Waals surface area contributed by atoms with Gasteiger partial charge >= 0.3 is 0 Å². The summed E-state index contributed by atoms with van der Waals surface area (Å²) in [6.45, 7) is 6.59. The van der Waals surface area contributed by atoms with Crippen LogP contribution in [-0.2, 0) is 0 Å². The van der Waals surface area contributed by atoms with Gasteiger partial charge in [-0.1, -0.05) is 13.8 Å². The van der Waals surface area contributed by atoms with Crippen LogP contribution in [0.1, 0.15) is 49.8 Å². The predicted octanol–water partition coefficient (Wildman–Crippen LogP) is 3.56. The molecule has 1 fully saturated rings. The first-order valence-electron chi connectivity index (χ1n) is 6.16. The molecule has 3 atom stereocenters. The van der Waals surface area contributed by atoms with Crippen LogP contribution in [0, 0.1) is 24.7 Å². The molecule has 16 heavy (non-hydrogen) atoms. The number of aryl methyl sites for hydroxylation is 1. The minimum atomic E-state index is -0.294. The van der Waals surface area contributed by atoms with E-state index in [2.05, 4.69) is 18.8 Å². The zero-order chi connectivity index (χ0) is 11.7. The number of rotatable bonds is 2. The maximum Gasteiger partial charge on any atom is 0.0928 e. The van der Waals surface area contributed by atoms with E-state index in [0.29, 0.717) is 5.92 Å². The number of hydrogen-bond donors (Lipinski definition) is 1. The summed E-state index contributed by atoms with van der Waals surface area (Å²) in [5, 5.41) is 10.4. The molecular weight excluding hydrogens is 218 g/mol. The average Bonchev–Trinajstić information content (AvgIpc) is 2.62. The van der Waals surface area contributed by atoms with Crippen molar-refractivity contribution in [1.82, 2.24) is 4.98 Å². The highest BCUT2D eigenvalue weighted by Crippen LogP contribution is 2.41. The summed E-state index contributed by atoms with van der Waals surface area (Å²) in [4.78, 5) is 5.30. The second-order valence-corrected chi connectivity index (χ2v) is 6.31. The molecule has 0 saturated heterocycles. The highest BCUT2D eigenvalue weighted by molar-refractivity contribution is 7.09. The number of hydrogen-bond acceptors (Lipinski definition) is 3. The quantitative estimate of drug-likeness (QED) is 0.856. The average molecular weight is 239 g/mol. The Kier molecular flexibility index (Phi) is 3.65. The van der Waals surface area contributed by atoms with Crippen LogP contribution in [0.5, 0.6) is 0 Å². The summed E-state index contributed by atoms with van der Waals surface area (Å²) in [6.07, 6.45) is 3.33. The van der Waals surface area contributed by atoms with Gasteiger partial charge in [-0.15, -0.1) is 11.3 Å². The second-order valence-electron chi connectivity index (χ2n) is 5.42. The standard InChI is InChI=1S/C13H21NOS/c1-8-4-9(2)6-11(5-8)12(15)13-10(3)14-7-16-13/h7-9,11-12,15H,4-6H2,1-3H3. The SMILES string of the molecule is Cc1ncsc1C(O)C1CC(C)CC(C)C1. The summed E-state index contributed by atoms with van der Waals surface area (Å²) in [5.74, 6) is 1.92. The van der Waals surface area contributed by atoms with Gasteiger partial charge in [-0.05, 0) is 43.9 Å². The number of thiazole rings is 1.